The molecule has 0 spiro atoms. The maximum Gasteiger partial charge on any atom is 0.0623 e. The molecular weight excluding hydrogens is 210 g/mol. The van der Waals surface area contributed by atoms with Crippen molar-refractivity contribution >= 4 is 0 Å². The molecule has 1 aliphatic heterocycles. The standard InChI is InChI=1S/C15H31NO/c1-11(2)13(17-8)12-9-14(3,4)16(7)15(5,6)10-12/h11-13H,9-10H2,1-8H3. The van der Waals surface area contributed by atoms with Gasteiger partial charge < -0.3 is 4.74 Å². The van der Waals surface area contributed by atoms with Crippen LogP contribution in [0, 0.1) is 11.8 Å². The molecule has 0 aromatic carbocycles. The number of methoxy groups -OCH3 is 1. The number of piperidine rings is 1. The molecule has 1 aliphatic rings. The lowest BCUT2D eigenvalue weighted by atomic mass is 9.70. The van der Waals surface area contributed by atoms with Crippen LogP contribution >= 0.6 is 0 Å². The van der Waals surface area contributed by atoms with Gasteiger partial charge in [0.25, 0.3) is 0 Å². The average Bonchev–Trinajstić information content (AvgIpc) is 2.13. The van der Waals surface area contributed by atoms with E-state index < -0.39 is 0 Å². The number of rotatable bonds is 3. The van der Waals surface area contributed by atoms with Crippen molar-refractivity contribution in [3.05, 3.63) is 0 Å². The van der Waals surface area contributed by atoms with Crippen LogP contribution in [0.2, 0.25) is 0 Å². The second kappa shape index (κ2) is 4.89. The van der Waals surface area contributed by atoms with Gasteiger partial charge in [0.2, 0.25) is 0 Å². The quantitative estimate of drug-likeness (QED) is 0.749. The first-order valence-corrected chi connectivity index (χ1v) is 6.88. The third-order valence-corrected chi connectivity index (χ3v) is 4.73. The lowest BCUT2D eigenvalue weighted by molar-refractivity contribution is -0.0848. The van der Waals surface area contributed by atoms with Crippen molar-refractivity contribution < 1.29 is 4.74 Å². The molecular formula is C15H31NO. The predicted molar refractivity (Wildman–Crippen MR) is 74.3 cm³/mol. The fourth-order valence-electron chi connectivity index (χ4n) is 3.69. The highest BCUT2D eigenvalue weighted by molar-refractivity contribution is 5.00. The summed E-state index contributed by atoms with van der Waals surface area (Å²) < 4.78 is 5.75. The fourth-order valence-corrected chi connectivity index (χ4v) is 3.69. The molecule has 1 saturated heterocycles. The van der Waals surface area contributed by atoms with Gasteiger partial charge in [0, 0.05) is 18.2 Å². The topological polar surface area (TPSA) is 12.5 Å². The highest BCUT2D eigenvalue weighted by Crippen LogP contribution is 2.42. The molecule has 1 atom stereocenters. The van der Waals surface area contributed by atoms with Gasteiger partial charge in [-0.3, -0.25) is 4.90 Å². The highest BCUT2D eigenvalue weighted by atomic mass is 16.5. The second-order valence-electron chi connectivity index (χ2n) is 7.30. The molecule has 17 heavy (non-hydrogen) atoms. The van der Waals surface area contributed by atoms with Gasteiger partial charge in [-0.1, -0.05) is 13.8 Å². The van der Waals surface area contributed by atoms with Crippen LogP contribution < -0.4 is 0 Å². The lowest BCUT2D eigenvalue weighted by Crippen LogP contribution is -2.60. The Morgan fingerprint density at radius 3 is 1.76 bits per heavy atom. The number of hydrogen-bond acceptors (Lipinski definition) is 2. The summed E-state index contributed by atoms with van der Waals surface area (Å²) >= 11 is 0. The van der Waals surface area contributed by atoms with Crippen molar-refractivity contribution in [2.24, 2.45) is 11.8 Å². The Kier molecular flexibility index (Phi) is 4.31. The van der Waals surface area contributed by atoms with Gasteiger partial charge in [-0.2, -0.15) is 0 Å². The summed E-state index contributed by atoms with van der Waals surface area (Å²) in [5.74, 6) is 1.27. The van der Waals surface area contributed by atoms with E-state index in [1.54, 1.807) is 0 Å². The smallest absolute Gasteiger partial charge is 0.0623 e. The van der Waals surface area contributed by atoms with Gasteiger partial charge in [0.05, 0.1) is 6.10 Å². The van der Waals surface area contributed by atoms with E-state index in [1.807, 2.05) is 7.11 Å². The van der Waals surface area contributed by atoms with Crippen molar-refractivity contribution in [3.63, 3.8) is 0 Å². The Hall–Kier alpha value is -0.0800. The van der Waals surface area contributed by atoms with Crippen LogP contribution in [0.15, 0.2) is 0 Å². The van der Waals surface area contributed by atoms with Crippen LogP contribution in [0.25, 0.3) is 0 Å². The normalized spacial score (nSPS) is 27.4. The Morgan fingerprint density at radius 2 is 1.47 bits per heavy atom. The van der Waals surface area contributed by atoms with Crippen LogP contribution in [0.5, 0.6) is 0 Å². The van der Waals surface area contributed by atoms with E-state index in [9.17, 15) is 0 Å². The Morgan fingerprint density at radius 1 is 1.06 bits per heavy atom. The molecule has 0 bridgehead atoms. The van der Waals surface area contributed by atoms with Crippen LogP contribution in [0.3, 0.4) is 0 Å². The molecule has 1 fully saturated rings. The van der Waals surface area contributed by atoms with Gasteiger partial charge >= 0.3 is 0 Å². The third-order valence-electron chi connectivity index (χ3n) is 4.73. The lowest BCUT2D eigenvalue weighted by Gasteiger charge is -2.55. The molecule has 0 aromatic rings. The number of likely N-dealkylation sites (tertiary alicyclic amines) is 1. The van der Waals surface area contributed by atoms with E-state index in [2.05, 4.69) is 53.5 Å². The van der Waals surface area contributed by atoms with E-state index in [0.717, 1.165) is 0 Å². The minimum atomic E-state index is 0.262. The molecule has 0 amide bonds. The molecule has 2 nitrogen and oxygen atoms in total. The maximum absolute atomic E-state index is 5.75. The van der Waals surface area contributed by atoms with E-state index in [-0.39, 0.29) is 11.1 Å². The van der Waals surface area contributed by atoms with Crippen LogP contribution in [-0.2, 0) is 4.74 Å². The third kappa shape index (κ3) is 3.03. The van der Waals surface area contributed by atoms with Crippen LogP contribution in [-0.4, -0.2) is 36.2 Å². The molecule has 1 rings (SSSR count). The van der Waals surface area contributed by atoms with E-state index in [4.69, 9.17) is 4.74 Å². The first-order chi connectivity index (χ1) is 7.62. The summed E-state index contributed by atoms with van der Waals surface area (Å²) in [6.45, 7) is 14.0. The van der Waals surface area contributed by atoms with Gasteiger partial charge in [-0.05, 0) is 59.4 Å². The summed E-state index contributed by atoms with van der Waals surface area (Å²) in [6, 6.07) is 0. The highest BCUT2D eigenvalue weighted by Gasteiger charge is 2.45. The van der Waals surface area contributed by atoms with Gasteiger partial charge in [-0.25, -0.2) is 0 Å². The molecule has 0 N–H and O–H groups in total. The average molecular weight is 241 g/mol. The van der Waals surface area contributed by atoms with Crippen molar-refractivity contribution in [2.75, 3.05) is 14.2 Å². The molecule has 0 radical (unpaired) electrons. The number of ether oxygens (including phenoxy) is 1. The van der Waals surface area contributed by atoms with Gasteiger partial charge in [0.15, 0.2) is 0 Å². The summed E-state index contributed by atoms with van der Waals surface area (Å²) in [6.07, 6.45) is 2.84. The first-order valence-electron chi connectivity index (χ1n) is 6.88. The van der Waals surface area contributed by atoms with Crippen LogP contribution in [0.4, 0.5) is 0 Å². The van der Waals surface area contributed by atoms with Crippen LogP contribution in [0.1, 0.15) is 54.4 Å². The molecule has 1 unspecified atom stereocenters. The number of hydrogen-bond donors (Lipinski definition) is 0. The second-order valence-corrected chi connectivity index (χ2v) is 7.30. The molecule has 2 heteroatoms. The molecule has 102 valence electrons. The summed E-state index contributed by atoms with van der Waals surface area (Å²) in [5, 5.41) is 0. The molecule has 1 heterocycles. The molecule has 0 aromatic heterocycles. The van der Waals surface area contributed by atoms with E-state index in [1.165, 1.54) is 12.8 Å². The minimum Gasteiger partial charge on any atom is -0.381 e. The van der Waals surface area contributed by atoms with E-state index >= 15 is 0 Å². The fraction of sp³-hybridized carbons (Fsp3) is 1.00. The summed E-state index contributed by atoms with van der Waals surface area (Å²) in [4.78, 5) is 2.53. The SMILES string of the molecule is COC(C(C)C)C1CC(C)(C)N(C)C(C)(C)C1. The molecule has 0 aliphatic carbocycles. The Labute approximate surface area is 108 Å². The monoisotopic (exact) mass is 241 g/mol. The molecule has 0 saturated carbocycles. The largest absolute Gasteiger partial charge is 0.381 e. The summed E-state index contributed by atoms with van der Waals surface area (Å²) in [7, 11) is 4.12. The van der Waals surface area contributed by atoms with Crippen molar-refractivity contribution in [1.29, 1.82) is 0 Å². The summed E-state index contributed by atoms with van der Waals surface area (Å²) in [5.41, 5.74) is 0.524. The Bertz CT molecular complexity index is 240. The van der Waals surface area contributed by atoms with E-state index in [0.29, 0.717) is 17.9 Å². The van der Waals surface area contributed by atoms with Crippen molar-refractivity contribution in [3.8, 4) is 0 Å². The minimum absolute atomic E-state index is 0.262. The number of nitrogens with zero attached hydrogens (tertiary/aromatic N) is 1. The van der Waals surface area contributed by atoms with Gasteiger partial charge in [-0.15, -0.1) is 0 Å². The predicted octanol–water partition coefficient (Wildman–Crippen LogP) is 3.56. The zero-order valence-electron chi connectivity index (χ0n) is 13.0. The maximum atomic E-state index is 5.75. The first kappa shape index (κ1) is 15.0. The van der Waals surface area contributed by atoms with Crippen molar-refractivity contribution in [2.45, 2.75) is 71.6 Å². The zero-order chi connectivity index (χ0) is 13.4. The van der Waals surface area contributed by atoms with Gasteiger partial charge in [0.1, 0.15) is 0 Å². The zero-order valence-corrected chi connectivity index (χ0v) is 13.0. The Balaban J connectivity index is 2.91. The van der Waals surface area contributed by atoms with Crippen molar-refractivity contribution in [1.82, 2.24) is 4.90 Å².